The number of cyclic esters (lactones) is 2. The Morgan fingerprint density at radius 1 is 1.00 bits per heavy atom. The molecule has 60 valence electrons. The summed E-state index contributed by atoms with van der Waals surface area (Å²) in [6.07, 6.45) is 1.66. The molecule has 0 amide bonds. The molecule has 1 aliphatic heterocycles. The molecule has 0 aromatic rings. The Balaban J connectivity index is 2.59. The van der Waals surface area contributed by atoms with Gasteiger partial charge in [-0.2, -0.15) is 0 Å². The summed E-state index contributed by atoms with van der Waals surface area (Å²) < 4.78 is 4.18. The summed E-state index contributed by atoms with van der Waals surface area (Å²) in [6, 6.07) is 0. The SMILES string of the molecule is O=C1CCCCC(=O)C(=O)O1. The maximum atomic E-state index is 10.7. The van der Waals surface area contributed by atoms with E-state index in [1.54, 1.807) is 0 Å². The van der Waals surface area contributed by atoms with Gasteiger partial charge in [0.1, 0.15) is 0 Å². The maximum Gasteiger partial charge on any atom is 0.382 e. The largest absolute Gasteiger partial charge is 0.387 e. The van der Waals surface area contributed by atoms with Crippen LogP contribution in [0.4, 0.5) is 0 Å². The van der Waals surface area contributed by atoms with E-state index in [0.717, 1.165) is 0 Å². The lowest BCUT2D eigenvalue weighted by molar-refractivity contribution is -0.165. The zero-order valence-corrected chi connectivity index (χ0v) is 5.96. The molecule has 1 fully saturated rings. The van der Waals surface area contributed by atoms with Crippen LogP contribution < -0.4 is 0 Å². The molecule has 0 radical (unpaired) electrons. The molecule has 0 unspecified atom stereocenters. The van der Waals surface area contributed by atoms with Crippen molar-refractivity contribution in [2.75, 3.05) is 0 Å². The first kappa shape index (κ1) is 7.91. The van der Waals surface area contributed by atoms with Crippen molar-refractivity contribution < 1.29 is 19.1 Å². The standard InChI is InChI=1S/C7H8O4/c8-5-3-1-2-4-6(9)11-7(5)10/h1-4H2. The van der Waals surface area contributed by atoms with E-state index in [9.17, 15) is 14.4 Å². The van der Waals surface area contributed by atoms with Crippen LogP contribution in [0.3, 0.4) is 0 Å². The molecule has 0 N–H and O–H groups in total. The molecule has 0 aromatic heterocycles. The van der Waals surface area contributed by atoms with Gasteiger partial charge >= 0.3 is 11.9 Å². The smallest absolute Gasteiger partial charge is 0.382 e. The summed E-state index contributed by atoms with van der Waals surface area (Å²) in [7, 11) is 0. The number of hydrogen-bond acceptors (Lipinski definition) is 4. The molecule has 1 rings (SSSR count). The van der Waals surface area contributed by atoms with Crippen molar-refractivity contribution in [3.8, 4) is 0 Å². The van der Waals surface area contributed by atoms with Gasteiger partial charge in [-0.3, -0.25) is 9.59 Å². The molecule has 4 nitrogen and oxygen atoms in total. The fourth-order valence-electron chi connectivity index (χ4n) is 0.868. The number of hydrogen-bond donors (Lipinski definition) is 0. The molecule has 0 spiro atoms. The number of carbonyl (C=O) groups is 3. The minimum absolute atomic E-state index is 0.201. The summed E-state index contributed by atoms with van der Waals surface area (Å²) in [5.74, 6) is -2.20. The third-order valence-electron chi connectivity index (χ3n) is 1.47. The summed E-state index contributed by atoms with van der Waals surface area (Å²) in [5, 5.41) is 0. The second-order valence-electron chi connectivity index (χ2n) is 2.39. The van der Waals surface area contributed by atoms with Crippen LogP contribution in [-0.2, 0) is 19.1 Å². The summed E-state index contributed by atoms with van der Waals surface area (Å²) in [6.45, 7) is 0. The number of rotatable bonds is 0. The van der Waals surface area contributed by atoms with E-state index in [2.05, 4.69) is 4.74 Å². The van der Waals surface area contributed by atoms with Crippen molar-refractivity contribution >= 4 is 17.7 Å². The van der Waals surface area contributed by atoms with Gasteiger partial charge in [-0.1, -0.05) is 0 Å². The van der Waals surface area contributed by atoms with Crippen molar-refractivity contribution in [2.45, 2.75) is 25.7 Å². The van der Waals surface area contributed by atoms with Crippen molar-refractivity contribution in [2.24, 2.45) is 0 Å². The van der Waals surface area contributed by atoms with Crippen LogP contribution in [-0.4, -0.2) is 17.7 Å². The van der Waals surface area contributed by atoms with Gasteiger partial charge in [0, 0.05) is 12.8 Å². The van der Waals surface area contributed by atoms with Crippen LogP contribution in [0.15, 0.2) is 0 Å². The van der Waals surface area contributed by atoms with Crippen LogP contribution in [0.5, 0.6) is 0 Å². The predicted molar refractivity (Wildman–Crippen MR) is 34.6 cm³/mol. The second-order valence-corrected chi connectivity index (χ2v) is 2.39. The second kappa shape index (κ2) is 3.27. The van der Waals surface area contributed by atoms with E-state index in [1.807, 2.05) is 0 Å². The number of carbonyl (C=O) groups excluding carboxylic acids is 3. The van der Waals surface area contributed by atoms with Crippen molar-refractivity contribution in [3.05, 3.63) is 0 Å². The quantitative estimate of drug-likeness (QED) is 0.285. The molecule has 0 aromatic carbocycles. The van der Waals surface area contributed by atoms with Gasteiger partial charge in [-0.05, 0) is 12.8 Å². The fraction of sp³-hybridized carbons (Fsp3) is 0.571. The van der Waals surface area contributed by atoms with Crippen molar-refractivity contribution in [1.29, 1.82) is 0 Å². The highest BCUT2D eigenvalue weighted by atomic mass is 16.6. The Labute approximate surface area is 63.5 Å². The van der Waals surface area contributed by atoms with Crippen molar-refractivity contribution in [3.63, 3.8) is 0 Å². The van der Waals surface area contributed by atoms with Gasteiger partial charge in [-0.25, -0.2) is 4.79 Å². The highest BCUT2D eigenvalue weighted by molar-refractivity contribution is 6.35. The van der Waals surface area contributed by atoms with Gasteiger partial charge in [0.25, 0.3) is 0 Å². The zero-order valence-electron chi connectivity index (χ0n) is 5.96. The Hall–Kier alpha value is -1.19. The predicted octanol–water partition coefficient (Wildman–Crippen LogP) is 0.199. The van der Waals surface area contributed by atoms with Gasteiger partial charge in [0.2, 0.25) is 5.78 Å². The van der Waals surface area contributed by atoms with E-state index in [1.165, 1.54) is 0 Å². The number of Topliss-reactive ketones (excluding diaryl/α,β-unsaturated/α-hetero) is 1. The highest BCUT2D eigenvalue weighted by Gasteiger charge is 2.21. The molecular formula is C7H8O4. The Morgan fingerprint density at radius 2 is 1.64 bits per heavy atom. The molecule has 4 heteroatoms. The molecule has 0 saturated carbocycles. The monoisotopic (exact) mass is 156 g/mol. The minimum Gasteiger partial charge on any atom is -0.387 e. The highest BCUT2D eigenvalue weighted by Crippen LogP contribution is 2.06. The minimum atomic E-state index is -1.00. The summed E-state index contributed by atoms with van der Waals surface area (Å²) in [4.78, 5) is 31.9. The normalized spacial score (nSPS) is 20.5. The lowest BCUT2D eigenvalue weighted by atomic mass is 10.1. The maximum absolute atomic E-state index is 10.7. The third-order valence-corrected chi connectivity index (χ3v) is 1.47. The zero-order chi connectivity index (χ0) is 8.27. The molecule has 1 saturated heterocycles. The van der Waals surface area contributed by atoms with Crippen LogP contribution in [0.1, 0.15) is 25.7 Å². The average molecular weight is 156 g/mol. The molecule has 11 heavy (non-hydrogen) atoms. The van der Waals surface area contributed by atoms with E-state index in [-0.39, 0.29) is 12.8 Å². The van der Waals surface area contributed by atoms with Crippen LogP contribution in [0, 0.1) is 0 Å². The van der Waals surface area contributed by atoms with E-state index >= 15 is 0 Å². The molecule has 1 aliphatic rings. The van der Waals surface area contributed by atoms with Gasteiger partial charge < -0.3 is 4.74 Å². The van der Waals surface area contributed by atoms with Gasteiger partial charge in [0.05, 0.1) is 0 Å². The van der Waals surface area contributed by atoms with E-state index in [4.69, 9.17) is 0 Å². The van der Waals surface area contributed by atoms with Crippen molar-refractivity contribution in [1.82, 2.24) is 0 Å². The molecule has 0 atom stereocenters. The Bertz CT molecular complexity index is 206. The summed E-state index contributed by atoms with van der Waals surface area (Å²) >= 11 is 0. The molecular weight excluding hydrogens is 148 g/mol. The first-order chi connectivity index (χ1) is 5.20. The third kappa shape index (κ3) is 2.14. The summed E-state index contributed by atoms with van der Waals surface area (Å²) in [5.41, 5.74) is 0. The Morgan fingerprint density at radius 3 is 2.36 bits per heavy atom. The van der Waals surface area contributed by atoms with E-state index < -0.39 is 17.7 Å². The van der Waals surface area contributed by atoms with Crippen LogP contribution >= 0.6 is 0 Å². The van der Waals surface area contributed by atoms with Gasteiger partial charge in [0.15, 0.2) is 0 Å². The van der Waals surface area contributed by atoms with Gasteiger partial charge in [-0.15, -0.1) is 0 Å². The molecule has 0 bridgehead atoms. The van der Waals surface area contributed by atoms with Crippen LogP contribution in [0.25, 0.3) is 0 Å². The first-order valence-corrected chi connectivity index (χ1v) is 3.48. The fourth-order valence-corrected chi connectivity index (χ4v) is 0.868. The topological polar surface area (TPSA) is 60.4 Å². The molecule has 1 heterocycles. The number of esters is 2. The average Bonchev–Trinajstić information content (AvgIpc) is 1.95. The lowest BCUT2D eigenvalue weighted by Crippen LogP contribution is -2.23. The van der Waals surface area contributed by atoms with Crippen LogP contribution in [0.2, 0.25) is 0 Å². The first-order valence-electron chi connectivity index (χ1n) is 3.48. The Kier molecular flexibility index (Phi) is 2.36. The lowest BCUT2D eigenvalue weighted by Gasteiger charge is -2.05. The number of ether oxygens (including phenoxy) is 1. The van der Waals surface area contributed by atoms with E-state index in [0.29, 0.717) is 12.8 Å². The molecule has 0 aliphatic carbocycles. The number of ketones is 1.